The number of alkyl halides is 1. The lowest BCUT2D eigenvalue weighted by molar-refractivity contribution is 0.340. The summed E-state index contributed by atoms with van der Waals surface area (Å²) in [5.74, 6) is 0.864. The first-order valence-corrected chi connectivity index (χ1v) is 7.95. The molecule has 0 spiro atoms. The van der Waals surface area contributed by atoms with Gasteiger partial charge in [0.2, 0.25) is 0 Å². The molecule has 0 saturated carbocycles. The SMILES string of the molecule is CCOc1ccc(C(Cl)Cc2ccccc2C)c(Br)c1. The lowest BCUT2D eigenvalue weighted by Crippen LogP contribution is -2.00. The Bertz CT molecular complexity index is 583. The molecule has 0 saturated heterocycles. The maximum Gasteiger partial charge on any atom is 0.120 e. The number of hydrogen-bond donors (Lipinski definition) is 0. The largest absolute Gasteiger partial charge is 0.494 e. The summed E-state index contributed by atoms with van der Waals surface area (Å²) in [6, 6.07) is 14.3. The molecule has 20 heavy (non-hydrogen) atoms. The molecule has 2 rings (SSSR count). The van der Waals surface area contributed by atoms with Crippen molar-refractivity contribution in [1.82, 2.24) is 0 Å². The quantitative estimate of drug-likeness (QED) is 0.628. The predicted octanol–water partition coefficient (Wildman–Crippen LogP) is 5.68. The first-order valence-electron chi connectivity index (χ1n) is 6.72. The van der Waals surface area contributed by atoms with Crippen LogP contribution in [0.1, 0.15) is 29.0 Å². The highest BCUT2D eigenvalue weighted by atomic mass is 79.9. The van der Waals surface area contributed by atoms with Crippen molar-refractivity contribution in [2.45, 2.75) is 25.6 Å². The second kappa shape index (κ2) is 7.14. The fourth-order valence-electron chi connectivity index (χ4n) is 2.16. The van der Waals surface area contributed by atoms with E-state index in [0.29, 0.717) is 6.61 Å². The van der Waals surface area contributed by atoms with Crippen LogP contribution in [0.25, 0.3) is 0 Å². The Morgan fingerprint density at radius 1 is 1.20 bits per heavy atom. The van der Waals surface area contributed by atoms with Crippen LogP contribution in [0.3, 0.4) is 0 Å². The molecule has 106 valence electrons. The molecule has 0 aliphatic heterocycles. The van der Waals surface area contributed by atoms with Crippen LogP contribution in [0.5, 0.6) is 5.75 Å². The Labute approximate surface area is 134 Å². The number of ether oxygens (including phenoxy) is 1. The van der Waals surface area contributed by atoms with Crippen molar-refractivity contribution in [2.24, 2.45) is 0 Å². The van der Waals surface area contributed by atoms with Crippen LogP contribution in [0.4, 0.5) is 0 Å². The topological polar surface area (TPSA) is 9.23 Å². The third-order valence-corrected chi connectivity index (χ3v) is 4.36. The second-order valence-electron chi connectivity index (χ2n) is 4.71. The molecule has 0 aliphatic carbocycles. The van der Waals surface area contributed by atoms with E-state index in [-0.39, 0.29) is 5.38 Å². The summed E-state index contributed by atoms with van der Waals surface area (Å²) >= 11 is 10.2. The Kier molecular flexibility index (Phi) is 5.50. The Balaban J connectivity index is 2.17. The van der Waals surface area contributed by atoms with Crippen molar-refractivity contribution in [1.29, 1.82) is 0 Å². The molecule has 3 heteroatoms. The van der Waals surface area contributed by atoms with Crippen molar-refractivity contribution < 1.29 is 4.74 Å². The third kappa shape index (κ3) is 3.77. The number of hydrogen-bond acceptors (Lipinski definition) is 1. The Morgan fingerprint density at radius 2 is 1.95 bits per heavy atom. The average Bonchev–Trinajstić information content (AvgIpc) is 2.42. The average molecular weight is 354 g/mol. The van der Waals surface area contributed by atoms with E-state index in [4.69, 9.17) is 16.3 Å². The highest BCUT2D eigenvalue weighted by molar-refractivity contribution is 9.10. The second-order valence-corrected chi connectivity index (χ2v) is 6.10. The van der Waals surface area contributed by atoms with Gasteiger partial charge in [-0.15, -0.1) is 11.6 Å². The smallest absolute Gasteiger partial charge is 0.120 e. The molecule has 1 atom stereocenters. The van der Waals surface area contributed by atoms with E-state index in [9.17, 15) is 0 Å². The molecular formula is C17H18BrClO. The maximum atomic E-state index is 6.58. The van der Waals surface area contributed by atoms with Gasteiger partial charge in [0.15, 0.2) is 0 Å². The molecule has 0 amide bonds. The van der Waals surface area contributed by atoms with Gasteiger partial charge in [0.25, 0.3) is 0 Å². The maximum absolute atomic E-state index is 6.58. The van der Waals surface area contributed by atoms with Gasteiger partial charge in [0, 0.05) is 4.47 Å². The summed E-state index contributed by atoms with van der Waals surface area (Å²) in [7, 11) is 0. The lowest BCUT2D eigenvalue weighted by atomic mass is 10.0. The van der Waals surface area contributed by atoms with Gasteiger partial charge in [-0.1, -0.05) is 46.3 Å². The van der Waals surface area contributed by atoms with E-state index < -0.39 is 0 Å². The van der Waals surface area contributed by atoms with Crippen LogP contribution in [0, 0.1) is 6.92 Å². The van der Waals surface area contributed by atoms with Crippen LogP contribution in [0.2, 0.25) is 0 Å². The minimum absolute atomic E-state index is 0.0545. The van der Waals surface area contributed by atoms with Crippen molar-refractivity contribution in [2.75, 3.05) is 6.61 Å². The molecule has 0 bridgehead atoms. The van der Waals surface area contributed by atoms with Gasteiger partial charge in [-0.05, 0) is 49.1 Å². The zero-order valence-corrected chi connectivity index (χ0v) is 14.0. The molecule has 0 fully saturated rings. The van der Waals surface area contributed by atoms with Crippen LogP contribution in [0.15, 0.2) is 46.9 Å². The van der Waals surface area contributed by atoms with Gasteiger partial charge >= 0.3 is 0 Å². The zero-order chi connectivity index (χ0) is 14.5. The van der Waals surface area contributed by atoms with Crippen LogP contribution in [-0.2, 0) is 6.42 Å². The van der Waals surface area contributed by atoms with Crippen molar-refractivity contribution >= 4 is 27.5 Å². The normalized spacial score (nSPS) is 12.2. The minimum atomic E-state index is -0.0545. The van der Waals surface area contributed by atoms with E-state index in [0.717, 1.165) is 22.2 Å². The van der Waals surface area contributed by atoms with Gasteiger partial charge in [-0.3, -0.25) is 0 Å². The van der Waals surface area contributed by atoms with Crippen molar-refractivity contribution in [3.05, 3.63) is 63.6 Å². The summed E-state index contributed by atoms with van der Waals surface area (Å²) in [5.41, 5.74) is 3.66. The molecule has 1 nitrogen and oxygen atoms in total. The van der Waals surface area contributed by atoms with E-state index >= 15 is 0 Å². The first kappa shape index (κ1) is 15.4. The number of benzene rings is 2. The highest BCUT2D eigenvalue weighted by Gasteiger charge is 2.14. The summed E-state index contributed by atoms with van der Waals surface area (Å²) in [5, 5.41) is -0.0545. The molecule has 0 heterocycles. The zero-order valence-electron chi connectivity index (χ0n) is 11.7. The third-order valence-electron chi connectivity index (χ3n) is 3.28. The Morgan fingerprint density at radius 3 is 2.60 bits per heavy atom. The fourth-order valence-corrected chi connectivity index (χ4v) is 3.28. The molecule has 2 aromatic carbocycles. The molecule has 0 radical (unpaired) electrons. The van der Waals surface area contributed by atoms with E-state index in [1.807, 2.05) is 25.1 Å². The lowest BCUT2D eigenvalue weighted by Gasteiger charge is -2.14. The fraction of sp³-hybridized carbons (Fsp3) is 0.294. The van der Waals surface area contributed by atoms with Crippen LogP contribution < -0.4 is 4.74 Å². The summed E-state index contributed by atoms with van der Waals surface area (Å²) in [6.45, 7) is 4.76. The monoisotopic (exact) mass is 352 g/mol. The van der Waals surface area contributed by atoms with E-state index in [1.54, 1.807) is 0 Å². The summed E-state index contributed by atoms with van der Waals surface area (Å²) < 4.78 is 6.48. The molecule has 1 unspecified atom stereocenters. The standard InChI is InChI=1S/C17H18BrClO/c1-3-20-14-8-9-15(16(18)11-14)17(19)10-13-7-5-4-6-12(13)2/h4-9,11,17H,3,10H2,1-2H3. The minimum Gasteiger partial charge on any atom is -0.494 e. The Hall–Kier alpha value is -0.990. The van der Waals surface area contributed by atoms with Crippen LogP contribution >= 0.6 is 27.5 Å². The van der Waals surface area contributed by atoms with E-state index in [1.165, 1.54) is 11.1 Å². The van der Waals surface area contributed by atoms with Gasteiger partial charge in [0.05, 0.1) is 12.0 Å². The number of aryl methyl sites for hydroxylation is 1. The van der Waals surface area contributed by atoms with Crippen LogP contribution in [-0.4, -0.2) is 6.61 Å². The van der Waals surface area contributed by atoms with Gasteiger partial charge < -0.3 is 4.74 Å². The number of halogens is 2. The van der Waals surface area contributed by atoms with Gasteiger partial charge in [-0.25, -0.2) is 0 Å². The summed E-state index contributed by atoms with van der Waals surface area (Å²) in [4.78, 5) is 0. The highest BCUT2D eigenvalue weighted by Crippen LogP contribution is 2.33. The molecule has 0 aliphatic rings. The first-order chi connectivity index (χ1) is 9.61. The van der Waals surface area contributed by atoms with E-state index in [2.05, 4.69) is 47.1 Å². The van der Waals surface area contributed by atoms with Gasteiger partial charge in [-0.2, -0.15) is 0 Å². The van der Waals surface area contributed by atoms with Crippen molar-refractivity contribution in [3.8, 4) is 5.75 Å². The number of rotatable bonds is 5. The molecule has 0 N–H and O–H groups in total. The molecule has 0 aromatic heterocycles. The van der Waals surface area contributed by atoms with Gasteiger partial charge in [0.1, 0.15) is 5.75 Å². The molecule has 2 aromatic rings. The van der Waals surface area contributed by atoms with Crippen molar-refractivity contribution in [3.63, 3.8) is 0 Å². The summed E-state index contributed by atoms with van der Waals surface area (Å²) in [6.07, 6.45) is 0.820. The predicted molar refractivity (Wildman–Crippen MR) is 88.8 cm³/mol. The molecular weight excluding hydrogens is 336 g/mol.